The van der Waals surface area contributed by atoms with Gasteiger partial charge in [-0.05, 0) is 42.9 Å². The van der Waals surface area contributed by atoms with Crippen LogP contribution < -0.4 is 5.30 Å². The summed E-state index contributed by atoms with van der Waals surface area (Å²) < 4.78 is 55.6. The first-order valence-corrected chi connectivity index (χ1v) is 7.45. The monoisotopic (exact) mass is 332 g/mol. The first kappa shape index (κ1) is 18.9. The molecule has 0 aromatic heterocycles. The Labute approximate surface area is 131 Å². The Balaban J connectivity index is 3.92. The lowest BCUT2D eigenvalue weighted by molar-refractivity contribution is 0.507. The predicted molar refractivity (Wildman–Crippen MR) is 88.4 cm³/mol. The summed E-state index contributed by atoms with van der Waals surface area (Å²) in [7, 11) is 1.96. The average Bonchev–Trinajstić information content (AvgIpc) is 2.37. The Hall–Kier alpha value is -1.15. The highest BCUT2D eigenvalue weighted by atomic mass is 31.0. The summed E-state index contributed by atoms with van der Waals surface area (Å²) in [5, 5.41) is -0.311. The van der Waals surface area contributed by atoms with Gasteiger partial charge in [0.25, 0.3) is 0 Å². The van der Waals surface area contributed by atoms with Crippen molar-refractivity contribution >= 4 is 25.9 Å². The van der Waals surface area contributed by atoms with Gasteiger partial charge in [-0.2, -0.15) is 0 Å². The van der Waals surface area contributed by atoms with Gasteiger partial charge in [-0.3, -0.25) is 0 Å². The summed E-state index contributed by atoms with van der Waals surface area (Å²) in [6, 6.07) is 0. The lowest BCUT2D eigenvalue weighted by atomic mass is 9.87. The quantitative estimate of drug-likeness (QED) is 0.471. The van der Waals surface area contributed by atoms with Crippen molar-refractivity contribution < 1.29 is 17.6 Å². The summed E-state index contributed by atoms with van der Waals surface area (Å²) in [6.07, 6.45) is 1.82. The lowest BCUT2D eigenvalue weighted by Crippen LogP contribution is -2.15. The van der Waals surface area contributed by atoms with Crippen LogP contribution >= 0.6 is 9.24 Å². The van der Waals surface area contributed by atoms with Crippen LogP contribution in [-0.2, 0) is 0 Å². The fourth-order valence-electron chi connectivity index (χ4n) is 2.44. The van der Waals surface area contributed by atoms with Gasteiger partial charge in [-0.15, -0.1) is 9.24 Å². The van der Waals surface area contributed by atoms with Crippen molar-refractivity contribution in [3.05, 3.63) is 40.2 Å². The summed E-state index contributed by atoms with van der Waals surface area (Å²) in [5.41, 5.74) is 0.227. The number of allylic oxidation sites excluding steroid dienone is 3. The van der Waals surface area contributed by atoms with Crippen LogP contribution in [0.2, 0.25) is 0 Å². The molecule has 0 nitrogen and oxygen atoms in total. The van der Waals surface area contributed by atoms with E-state index in [0.717, 1.165) is 6.92 Å². The molecule has 1 rings (SSSR count). The highest BCUT2D eigenvalue weighted by molar-refractivity contribution is 7.27. The third-order valence-electron chi connectivity index (χ3n) is 3.22. The number of benzene rings is 1. The molecule has 0 aliphatic heterocycles. The largest absolute Gasteiger partial charge is 0.209 e. The number of rotatable bonds is 2. The second kappa shape index (κ2) is 6.54. The van der Waals surface area contributed by atoms with Crippen molar-refractivity contribution in [3.8, 4) is 0 Å². The summed E-state index contributed by atoms with van der Waals surface area (Å²) in [6.45, 7) is 9.78. The Bertz CT molecular complexity index is 660. The minimum absolute atomic E-state index is 0.0342. The van der Waals surface area contributed by atoms with Gasteiger partial charge in [0.05, 0.1) is 0 Å². The molecule has 1 aromatic carbocycles. The molecule has 0 heterocycles. The molecule has 0 saturated carbocycles. The average molecular weight is 332 g/mol. The van der Waals surface area contributed by atoms with E-state index in [9.17, 15) is 17.6 Å². The van der Waals surface area contributed by atoms with Gasteiger partial charge in [0, 0.05) is 10.9 Å². The van der Waals surface area contributed by atoms with Crippen LogP contribution in [0.15, 0.2) is 11.9 Å². The van der Waals surface area contributed by atoms with E-state index in [2.05, 4.69) is 0 Å². The maximum atomic E-state index is 14.2. The number of hydrogen-bond donors (Lipinski definition) is 0. The molecule has 0 spiro atoms. The summed E-state index contributed by atoms with van der Waals surface area (Å²) >= 11 is 0. The van der Waals surface area contributed by atoms with Gasteiger partial charge in [-0.1, -0.05) is 26.8 Å². The maximum Gasteiger partial charge on any atom is 0.166 e. The van der Waals surface area contributed by atoms with Crippen LogP contribution in [0, 0.1) is 24.0 Å². The van der Waals surface area contributed by atoms with E-state index in [-0.39, 0.29) is 27.4 Å². The van der Waals surface area contributed by atoms with Gasteiger partial charge in [0.1, 0.15) is 5.83 Å². The van der Waals surface area contributed by atoms with E-state index in [1.807, 2.05) is 36.1 Å². The fourth-order valence-corrected chi connectivity index (χ4v) is 2.84. The van der Waals surface area contributed by atoms with Crippen LogP contribution in [-0.4, -0.2) is 0 Å². The molecule has 0 amide bonds. The lowest BCUT2D eigenvalue weighted by Gasteiger charge is -2.20. The van der Waals surface area contributed by atoms with Crippen LogP contribution in [0.3, 0.4) is 0 Å². The van der Waals surface area contributed by atoms with Crippen molar-refractivity contribution in [1.29, 1.82) is 0 Å². The normalized spacial score (nSPS) is 14.2. The fraction of sp³-hybridized carbons (Fsp3) is 0.412. The van der Waals surface area contributed by atoms with Gasteiger partial charge in [0.2, 0.25) is 0 Å². The predicted octanol–water partition coefficient (Wildman–Crippen LogP) is 5.85. The third-order valence-corrected chi connectivity index (χ3v) is 3.76. The van der Waals surface area contributed by atoms with Crippen molar-refractivity contribution in [1.82, 2.24) is 0 Å². The molecule has 0 aliphatic rings. The van der Waals surface area contributed by atoms with Crippen LogP contribution in [0.4, 0.5) is 17.6 Å². The highest BCUT2D eigenvalue weighted by Gasteiger charge is 2.25. The molecule has 1 atom stereocenters. The topological polar surface area (TPSA) is 0 Å². The first-order valence-electron chi connectivity index (χ1n) is 6.87. The smallest absolute Gasteiger partial charge is 0.166 e. The molecule has 0 saturated heterocycles. The van der Waals surface area contributed by atoms with Gasteiger partial charge >= 0.3 is 0 Å². The second-order valence-corrected chi connectivity index (χ2v) is 7.03. The second-order valence-electron chi connectivity index (χ2n) is 6.46. The van der Waals surface area contributed by atoms with Crippen molar-refractivity contribution in [3.63, 3.8) is 0 Å². The van der Waals surface area contributed by atoms with Crippen LogP contribution in [0.5, 0.6) is 0 Å². The summed E-state index contributed by atoms with van der Waals surface area (Å²) in [5.74, 6) is -4.47. The van der Waals surface area contributed by atoms with Crippen molar-refractivity contribution in [2.24, 2.45) is 5.41 Å². The van der Waals surface area contributed by atoms with E-state index < -0.39 is 23.3 Å². The Morgan fingerprint density at radius 2 is 1.50 bits per heavy atom. The molecule has 0 fully saturated rings. The highest BCUT2D eigenvalue weighted by Crippen LogP contribution is 2.35. The van der Waals surface area contributed by atoms with Crippen LogP contribution in [0.1, 0.15) is 51.3 Å². The van der Waals surface area contributed by atoms with Gasteiger partial charge in [0.15, 0.2) is 17.5 Å². The molecule has 0 aliphatic carbocycles. The first-order chi connectivity index (χ1) is 9.88. The minimum atomic E-state index is -1.18. The Morgan fingerprint density at radius 1 is 1.00 bits per heavy atom. The molecule has 1 unspecified atom stereocenters. The van der Waals surface area contributed by atoms with Crippen molar-refractivity contribution in [2.45, 2.75) is 41.5 Å². The van der Waals surface area contributed by atoms with E-state index in [1.165, 1.54) is 6.92 Å². The molecule has 1 aromatic rings. The Kier molecular flexibility index (Phi) is 5.61. The third kappa shape index (κ3) is 3.78. The van der Waals surface area contributed by atoms with E-state index in [1.54, 1.807) is 6.92 Å². The molecule has 5 heteroatoms. The molecule has 22 heavy (non-hydrogen) atoms. The molecule has 0 radical (unpaired) electrons. The molecular formula is C17H21F4P. The maximum absolute atomic E-state index is 14.2. The number of hydrogen-bond acceptors (Lipinski definition) is 0. The van der Waals surface area contributed by atoms with Crippen molar-refractivity contribution in [2.75, 3.05) is 0 Å². The Morgan fingerprint density at radius 3 is 1.91 bits per heavy atom. The van der Waals surface area contributed by atoms with Gasteiger partial charge < -0.3 is 0 Å². The summed E-state index contributed by atoms with van der Waals surface area (Å²) in [4.78, 5) is 0. The zero-order chi connectivity index (χ0) is 17.4. The zero-order valence-electron chi connectivity index (χ0n) is 13.7. The molecule has 122 valence electrons. The molecule has 0 bridgehead atoms. The van der Waals surface area contributed by atoms with Gasteiger partial charge in [-0.25, -0.2) is 17.6 Å². The SMILES string of the molecule is C/C(F)=C(/F)c1c(P)c(F)c(F)c(C)c1/C(C)=C/C(C)(C)C. The van der Waals surface area contributed by atoms with E-state index in [4.69, 9.17) is 0 Å². The molecule has 0 N–H and O–H groups in total. The van der Waals surface area contributed by atoms with E-state index in [0.29, 0.717) is 5.57 Å². The van der Waals surface area contributed by atoms with E-state index >= 15 is 0 Å². The zero-order valence-corrected chi connectivity index (χ0v) is 14.8. The standard InChI is InChI=1S/C17H21F4P/c1-8(7-17(4,5)6)11-9(2)13(19)15(21)16(22)12(11)14(20)10(3)18/h7H,22H2,1-6H3/b8-7+,14-10-. The van der Waals surface area contributed by atoms with Crippen LogP contribution in [0.25, 0.3) is 11.4 Å². The number of halogens is 4. The molecular weight excluding hydrogens is 311 g/mol. The minimum Gasteiger partial charge on any atom is -0.209 e.